The van der Waals surface area contributed by atoms with Gasteiger partial charge in [-0.3, -0.25) is 9.59 Å². The summed E-state index contributed by atoms with van der Waals surface area (Å²) in [6, 6.07) is 7.52. The van der Waals surface area contributed by atoms with Crippen molar-refractivity contribution in [2.75, 3.05) is 11.4 Å². The number of rotatable bonds is 4. The predicted octanol–water partition coefficient (Wildman–Crippen LogP) is 2.72. The summed E-state index contributed by atoms with van der Waals surface area (Å²) in [5.41, 5.74) is 2.54. The topological polar surface area (TPSA) is 75.4 Å². The number of aromatic nitrogens is 1. The molecular formula is C17H18BrN3O3. The van der Waals surface area contributed by atoms with Crippen LogP contribution in [0.3, 0.4) is 0 Å². The van der Waals surface area contributed by atoms with Crippen molar-refractivity contribution in [2.24, 2.45) is 5.92 Å². The van der Waals surface area contributed by atoms with Crippen molar-refractivity contribution < 1.29 is 14.1 Å². The van der Waals surface area contributed by atoms with Crippen LogP contribution in [0.15, 0.2) is 33.3 Å². The monoisotopic (exact) mass is 391 g/mol. The van der Waals surface area contributed by atoms with Gasteiger partial charge in [-0.15, -0.1) is 0 Å². The number of hydrogen-bond acceptors (Lipinski definition) is 4. The maximum Gasteiger partial charge on any atom is 0.227 e. The minimum atomic E-state index is -0.352. The number of carbonyl (C=O) groups excluding carboxylic acids is 2. The summed E-state index contributed by atoms with van der Waals surface area (Å²) in [5.74, 6) is 0.177. The Labute approximate surface area is 148 Å². The lowest BCUT2D eigenvalue weighted by Gasteiger charge is -2.17. The molecule has 7 heteroatoms. The summed E-state index contributed by atoms with van der Waals surface area (Å²) in [5, 5.41) is 6.66. The number of halogens is 1. The highest BCUT2D eigenvalue weighted by Crippen LogP contribution is 2.28. The average molecular weight is 392 g/mol. The van der Waals surface area contributed by atoms with Gasteiger partial charge in [-0.2, -0.15) is 0 Å². The highest BCUT2D eigenvalue weighted by atomic mass is 79.9. The molecule has 1 fully saturated rings. The molecule has 1 aromatic heterocycles. The van der Waals surface area contributed by atoms with Gasteiger partial charge in [0.25, 0.3) is 0 Å². The third kappa shape index (κ3) is 3.51. The van der Waals surface area contributed by atoms with E-state index in [2.05, 4.69) is 26.4 Å². The van der Waals surface area contributed by atoms with Gasteiger partial charge in [-0.25, -0.2) is 0 Å². The second kappa shape index (κ2) is 6.76. The smallest absolute Gasteiger partial charge is 0.227 e. The second-order valence-electron chi connectivity index (χ2n) is 5.99. The molecule has 0 saturated carbocycles. The SMILES string of the molecule is Cc1cc(CNC(=O)[C@@H]2CC(=O)N(c3ccc(Br)c(C)c3)C2)no1. The van der Waals surface area contributed by atoms with Crippen LogP contribution < -0.4 is 10.2 Å². The van der Waals surface area contributed by atoms with Crippen LogP contribution in [0, 0.1) is 19.8 Å². The summed E-state index contributed by atoms with van der Waals surface area (Å²) < 4.78 is 5.96. The zero-order chi connectivity index (χ0) is 17.3. The van der Waals surface area contributed by atoms with E-state index >= 15 is 0 Å². The fourth-order valence-electron chi connectivity index (χ4n) is 2.75. The molecule has 6 nitrogen and oxygen atoms in total. The molecule has 0 unspecified atom stereocenters. The summed E-state index contributed by atoms with van der Waals surface area (Å²) >= 11 is 3.45. The van der Waals surface area contributed by atoms with Gasteiger partial charge in [0.1, 0.15) is 11.5 Å². The maximum absolute atomic E-state index is 12.3. The van der Waals surface area contributed by atoms with Crippen molar-refractivity contribution >= 4 is 33.4 Å². The molecule has 0 aliphatic carbocycles. The molecule has 1 atom stereocenters. The highest BCUT2D eigenvalue weighted by molar-refractivity contribution is 9.10. The largest absolute Gasteiger partial charge is 0.361 e. The van der Waals surface area contributed by atoms with Crippen LogP contribution in [0.4, 0.5) is 5.69 Å². The zero-order valence-corrected chi connectivity index (χ0v) is 15.1. The van der Waals surface area contributed by atoms with Crippen LogP contribution in [0.2, 0.25) is 0 Å². The standard InChI is InChI=1S/C17H18BrN3O3/c1-10-5-14(3-4-15(10)18)21-9-12(7-16(21)22)17(23)19-8-13-6-11(2)24-20-13/h3-6,12H,7-9H2,1-2H3,(H,19,23)/t12-/m1/s1. The zero-order valence-electron chi connectivity index (χ0n) is 13.5. The Balaban J connectivity index is 1.63. The quantitative estimate of drug-likeness (QED) is 0.868. The minimum Gasteiger partial charge on any atom is -0.361 e. The van der Waals surface area contributed by atoms with Gasteiger partial charge in [-0.05, 0) is 37.6 Å². The van der Waals surface area contributed by atoms with Gasteiger partial charge >= 0.3 is 0 Å². The van der Waals surface area contributed by atoms with E-state index in [0.717, 1.165) is 15.7 Å². The fourth-order valence-corrected chi connectivity index (χ4v) is 3.00. The molecule has 2 amide bonds. The minimum absolute atomic E-state index is 0.0332. The van der Waals surface area contributed by atoms with E-state index < -0.39 is 0 Å². The highest BCUT2D eigenvalue weighted by Gasteiger charge is 2.35. The molecule has 1 saturated heterocycles. The number of benzene rings is 1. The maximum atomic E-state index is 12.3. The second-order valence-corrected chi connectivity index (χ2v) is 6.84. The lowest BCUT2D eigenvalue weighted by atomic mass is 10.1. The van der Waals surface area contributed by atoms with Crippen LogP contribution in [0.25, 0.3) is 0 Å². The molecular weight excluding hydrogens is 374 g/mol. The van der Waals surface area contributed by atoms with Gasteiger partial charge in [0.05, 0.1) is 12.5 Å². The van der Waals surface area contributed by atoms with E-state index in [1.54, 1.807) is 17.9 Å². The Morgan fingerprint density at radius 2 is 2.21 bits per heavy atom. The lowest BCUT2D eigenvalue weighted by molar-refractivity contribution is -0.126. The first-order valence-corrected chi connectivity index (χ1v) is 8.50. The van der Waals surface area contributed by atoms with Gasteiger partial charge in [-0.1, -0.05) is 21.1 Å². The molecule has 126 valence electrons. The van der Waals surface area contributed by atoms with Crippen molar-refractivity contribution in [3.05, 3.63) is 45.8 Å². The molecule has 0 radical (unpaired) electrons. The van der Waals surface area contributed by atoms with Crippen LogP contribution in [0.1, 0.15) is 23.4 Å². The molecule has 1 N–H and O–H groups in total. The number of aryl methyl sites for hydroxylation is 2. The van der Waals surface area contributed by atoms with Gasteiger partial charge in [0.15, 0.2) is 0 Å². The number of anilines is 1. The van der Waals surface area contributed by atoms with E-state index in [9.17, 15) is 9.59 Å². The Morgan fingerprint density at radius 1 is 1.42 bits per heavy atom. The van der Waals surface area contributed by atoms with Crippen LogP contribution in [-0.4, -0.2) is 23.5 Å². The van der Waals surface area contributed by atoms with E-state index in [1.165, 1.54) is 0 Å². The first-order chi connectivity index (χ1) is 11.4. The summed E-state index contributed by atoms with van der Waals surface area (Å²) in [4.78, 5) is 26.3. The van der Waals surface area contributed by atoms with Crippen LogP contribution in [0.5, 0.6) is 0 Å². The van der Waals surface area contributed by atoms with Crippen molar-refractivity contribution in [3.8, 4) is 0 Å². The molecule has 24 heavy (non-hydrogen) atoms. The predicted molar refractivity (Wildman–Crippen MR) is 92.4 cm³/mol. The molecule has 1 aromatic carbocycles. The van der Waals surface area contributed by atoms with E-state index in [0.29, 0.717) is 24.5 Å². The molecule has 3 rings (SSSR count). The van der Waals surface area contributed by atoms with E-state index in [4.69, 9.17) is 4.52 Å². The third-order valence-electron chi connectivity index (χ3n) is 4.07. The average Bonchev–Trinajstić information content (AvgIpc) is 3.14. The Morgan fingerprint density at radius 3 is 2.88 bits per heavy atom. The van der Waals surface area contributed by atoms with Crippen molar-refractivity contribution in [3.63, 3.8) is 0 Å². The van der Waals surface area contributed by atoms with E-state index in [-0.39, 0.29) is 24.2 Å². The first-order valence-electron chi connectivity index (χ1n) is 7.70. The summed E-state index contributed by atoms with van der Waals surface area (Å²) in [6.45, 7) is 4.46. The number of nitrogens with zero attached hydrogens (tertiary/aromatic N) is 2. The molecule has 2 heterocycles. The third-order valence-corrected chi connectivity index (χ3v) is 4.96. The van der Waals surface area contributed by atoms with Gasteiger partial charge in [0.2, 0.25) is 11.8 Å². The molecule has 0 bridgehead atoms. The molecule has 1 aliphatic heterocycles. The number of hydrogen-bond donors (Lipinski definition) is 1. The summed E-state index contributed by atoms with van der Waals surface area (Å²) in [6.07, 6.45) is 0.221. The van der Waals surface area contributed by atoms with Crippen molar-refractivity contribution in [1.82, 2.24) is 10.5 Å². The first kappa shape index (κ1) is 16.7. The molecule has 0 spiro atoms. The van der Waals surface area contributed by atoms with Crippen LogP contribution in [-0.2, 0) is 16.1 Å². The number of carbonyl (C=O) groups is 2. The fraction of sp³-hybridized carbons (Fsp3) is 0.353. The van der Waals surface area contributed by atoms with Gasteiger partial charge < -0.3 is 14.7 Å². The number of amides is 2. The Kier molecular flexibility index (Phi) is 4.71. The Bertz CT molecular complexity index is 787. The van der Waals surface area contributed by atoms with Gasteiger partial charge in [0, 0.05) is 29.2 Å². The summed E-state index contributed by atoms with van der Waals surface area (Å²) in [7, 11) is 0. The van der Waals surface area contributed by atoms with Crippen LogP contribution >= 0.6 is 15.9 Å². The van der Waals surface area contributed by atoms with E-state index in [1.807, 2.05) is 25.1 Å². The Hall–Kier alpha value is -2.15. The van der Waals surface area contributed by atoms with Crippen molar-refractivity contribution in [2.45, 2.75) is 26.8 Å². The molecule has 2 aromatic rings. The normalized spacial score (nSPS) is 17.4. The number of nitrogens with one attached hydrogen (secondary N) is 1. The molecule has 1 aliphatic rings. The lowest BCUT2D eigenvalue weighted by Crippen LogP contribution is -2.32. The van der Waals surface area contributed by atoms with Crippen molar-refractivity contribution in [1.29, 1.82) is 0 Å².